The summed E-state index contributed by atoms with van der Waals surface area (Å²) in [4.78, 5) is 100.0. The summed E-state index contributed by atoms with van der Waals surface area (Å²) in [6.07, 6.45) is 9.78. The van der Waals surface area contributed by atoms with Crippen molar-refractivity contribution < 1.29 is 38.7 Å². The summed E-state index contributed by atoms with van der Waals surface area (Å²) in [5, 5.41) is 25.3. The number of nitrogens with zero attached hydrogens (tertiary/aromatic N) is 8. The summed E-state index contributed by atoms with van der Waals surface area (Å²) in [6, 6.07) is 2.73. The van der Waals surface area contributed by atoms with Crippen molar-refractivity contribution in [2.75, 3.05) is 27.8 Å². The molecule has 6 amide bonds. The van der Waals surface area contributed by atoms with E-state index in [1.54, 1.807) is 51.3 Å². The number of carbonyl (C=O) groups is 7. The second-order valence-electron chi connectivity index (χ2n) is 13.5. The summed E-state index contributed by atoms with van der Waals surface area (Å²) in [5.41, 5.74) is 1.23. The van der Waals surface area contributed by atoms with Crippen LogP contribution in [0.3, 0.4) is 0 Å². The molecule has 1 fully saturated rings. The van der Waals surface area contributed by atoms with Gasteiger partial charge in [0.15, 0.2) is 17.5 Å². The molecule has 1 saturated carbocycles. The van der Waals surface area contributed by atoms with E-state index < -0.39 is 41.4 Å². The normalized spacial score (nSPS) is 14.6. The summed E-state index contributed by atoms with van der Waals surface area (Å²) < 4.78 is 7.36. The minimum Gasteiger partial charge on any atom is -0.475 e. The maximum absolute atomic E-state index is 13.1. The van der Waals surface area contributed by atoms with Crippen molar-refractivity contribution in [1.82, 2.24) is 48.4 Å². The first-order valence-electron chi connectivity index (χ1n) is 17.5. The van der Waals surface area contributed by atoms with Crippen molar-refractivity contribution in [2.45, 2.75) is 25.3 Å². The van der Waals surface area contributed by atoms with Gasteiger partial charge < -0.3 is 59.8 Å². The van der Waals surface area contributed by atoms with E-state index in [4.69, 9.17) is 5.11 Å². The number of nitrogens with one attached hydrogen (secondary N) is 6. The monoisotopic (exact) mass is 784 g/mol. The first-order valence-corrected chi connectivity index (χ1v) is 17.5. The molecule has 298 valence electrons. The molecule has 0 unspecified atom stereocenters. The van der Waals surface area contributed by atoms with Gasteiger partial charge in [0.25, 0.3) is 23.6 Å². The zero-order valence-electron chi connectivity index (χ0n) is 31.5. The predicted molar refractivity (Wildman–Crippen MR) is 202 cm³/mol. The summed E-state index contributed by atoms with van der Waals surface area (Å²) >= 11 is 0. The number of imidazole rings is 3. The van der Waals surface area contributed by atoms with Gasteiger partial charge in [-0.1, -0.05) is 0 Å². The number of aryl methyl sites for hydroxylation is 5. The van der Waals surface area contributed by atoms with E-state index in [0.717, 1.165) is 0 Å². The van der Waals surface area contributed by atoms with Crippen LogP contribution in [0.1, 0.15) is 72.1 Å². The van der Waals surface area contributed by atoms with Crippen LogP contribution in [0.2, 0.25) is 0 Å². The van der Waals surface area contributed by atoms with Gasteiger partial charge in [-0.2, -0.15) is 0 Å². The molecule has 0 aliphatic heterocycles. The zero-order valence-corrected chi connectivity index (χ0v) is 31.5. The molecule has 1 aliphatic rings. The zero-order chi connectivity index (χ0) is 41.1. The van der Waals surface area contributed by atoms with Gasteiger partial charge in [-0.15, -0.1) is 0 Å². The number of hydrogen-bond acceptors (Lipinski definition) is 10. The summed E-state index contributed by atoms with van der Waals surface area (Å²) in [6.45, 7) is -0.00554. The van der Waals surface area contributed by atoms with Gasteiger partial charge in [0, 0.05) is 97.3 Å². The van der Waals surface area contributed by atoms with Crippen LogP contribution >= 0.6 is 0 Å². The number of carboxylic acid groups (broad SMARTS) is 1. The highest BCUT2D eigenvalue weighted by atomic mass is 16.4. The lowest BCUT2D eigenvalue weighted by molar-refractivity contribution is -0.123. The minimum atomic E-state index is -1.22. The van der Waals surface area contributed by atoms with Crippen molar-refractivity contribution in [1.29, 1.82) is 0 Å². The van der Waals surface area contributed by atoms with Crippen LogP contribution in [0.5, 0.6) is 0 Å². The van der Waals surface area contributed by atoms with Crippen molar-refractivity contribution in [3.05, 3.63) is 78.2 Å². The molecule has 5 heterocycles. The SMILES string of the molecule is Cn1cc(NC(=O)c2nccn2C)cc1C(=O)NCCC(=O)Nc1cn(C)c(C(=O)Nc2cc(C(=O)N[C@H]3C[C@H](C(=O)Nc4cn(C)c(C(=O)O)n4)C3)n(C)c2)n1. The number of aromatic carboxylic acids is 1. The van der Waals surface area contributed by atoms with Crippen molar-refractivity contribution >= 4 is 64.4 Å². The summed E-state index contributed by atoms with van der Waals surface area (Å²) in [7, 11) is 8.05. The Kier molecular flexibility index (Phi) is 11.0. The fourth-order valence-corrected chi connectivity index (χ4v) is 6.16. The maximum atomic E-state index is 13.1. The van der Waals surface area contributed by atoms with Crippen molar-refractivity contribution in [3.8, 4) is 0 Å². The molecule has 5 aromatic heterocycles. The number of aromatic nitrogens is 8. The van der Waals surface area contributed by atoms with Gasteiger partial charge in [0.2, 0.25) is 23.5 Å². The van der Waals surface area contributed by atoms with Gasteiger partial charge >= 0.3 is 5.97 Å². The number of carbonyl (C=O) groups excluding carboxylic acids is 6. The summed E-state index contributed by atoms with van der Waals surface area (Å²) in [5.74, 6) is -4.08. The fourth-order valence-electron chi connectivity index (χ4n) is 6.16. The molecule has 1 aliphatic carbocycles. The smallest absolute Gasteiger partial charge is 0.372 e. The highest BCUT2D eigenvalue weighted by molar-refractivity contribution is 6.04. The van der Waals surface area contributed by atoms with Gasteiger partial charge in [0.05, 0.1) is 11.4 Å². The third-order valence-electron chi connectivity index (χ3n) is 9.16. The fraction of sp³-hybridized carbons (Fsp3) is 0.314. The lowest BCUT2D eigenvalue weighted by Crippen LogP contribution is -2.48. The Morgan fingerprint density at radius 2 is 1.23 bits per heavy atom. The third-order valence-corrected chi connectivity index (χ3v) is 9.16. The molecule has 22 heteroatoms. The van der Waals surface area contributed by atoms with E-state index in [9.17, 15) is 33.6 Å². The quantitative estimate of drug-likeness (QED) is 0.0822. The largest absolute Gasteiger partial charge is 0.475 e. The van der Waals surface area contributed by atoms with Crippen LogP contribution in [0.4, 0.5) is 23.0 Å². The van der Waals surface area contributed by atoms with Gasteiger partial charge in [-0.05, 0) is 25.0 Å². The molecule has 6 rings (SSSR count). The number of rotatable bonds is 14. The molecular formula is C35H40N14O8. The molecule has 57 heavy (non-hydrogen) atoms. The molecule has 0 saturated heterocycles. The molecule has 0 aromatic carbocycles. The van der Waals surface area contributed by atoms with Crippen molar-refractivity contribution in [3.63, 3.8) is 0 Å². The molecule has 0 bridgehead atoms. The Morgan fingerprint density at radius 3 is 1.81 bits per heavy atom. The van der Waals surface area contributed by atoms with Crippen molar-refractivity contribution in [2.24, 2.45) is 41.2 Å². The van der Waals surface area contributed by atoms with Gasteiger partial charge in [-0.3, -0.25) is 28.8 Å². The van der Waals surface area contributed by atoms with Crippen LogP contribution in [0.25, 0.3) is 0 Å². The second-order valence-corrected chi connectivity index (χ2v) is 13.5. The number of hydrogen-bond donors (Lipinski definition) is 7. The predicted octanol–water partition coefficient (Wildman–Crippen LogP) is 0.673. The Labute approximate surface area is 323 Å². The first-order chi connectivity index (χ1) is 27.1. The molecule has 0 radical (unpaired) electrons. The van der Waals surface area contributed by atoms with Crippen LogP contribution in [-0.4, -0.2) is 96.9 Å². The highest BCUT2D eigenvalue weighted by Gasteiger charge is 2.36. The molecule has 7 N–H and O–H groups in total. The lowest BCUT2D eigenvalue weighted by Gasteiger charge is -2.34. The van der Waals surface area contributed by atoms with Crippen LogP contribution < -0.4 is 31.9 Å². The third kappa shape index (κ3) is 8.90. The van der Waals surface area contributed by atoms with Gasteiger partial charge in [0.1, 0.15) is 11.4 Å². The standard InChI is InChI=1S/C35H40N14O8/c1-45-9-8-36-27(45)33(54)39-20-12-22(46(2)14-20)31(52)37-7-6-26(50)41-24-16-48(4)28(42-24)34(55)40-21-13-23(47(3)15-21)32(53)38-19-10-18(11-19)30(51)44-25-17-49(5)29(43-25)35(56)57/h8-9,12-19H,6-7,10-11H2,1-5H3,(H,37,52)(H,38,53)(H,39,54)(H,40,55)(H,41,50)(H,44,51)(H,56,57)/t18-,19-. The van der Waals surface area contributed by atoms with E-state index in [0.29, 0.717) is 24.2 Å². The van der Waals surface area contributed by atoms with E-state index >= 15 is 0 Å². The Hall–Kier alpha value is -7.52. The average molecular weight is 785 g/mol. The second kappa shape index (κ2) is 16.1. The highest BCUT2D eigenvalue weighted by Crippen LogP contribution is 2.29. The average Bonchev–Trinajstić information content (AvgIpc) is 3.95. The Bertz CT molecular complexity index is 2410. The molecule has 22 nitrogen and oxygen atoms in total. The topological polar surface area (TPSA) is 275 Å². The molecule has 0 atom stereocenters. The number of amides is 6. The van der Waals surface area contributed by atoms with Crippen LogP contribution in [0, 0.1) is 5.92 Å². The van der Waals surface area contributed by atoms with E-state index in [2.05, 4.69) is 46.9 Å². The molecule has 0 spiro atoms. The number of anilines is 4. The van der Waals surface area contributed by atoms with Gasteiger partial charge in [-0.25, -0.2) is 19.7 Å². The van der Waals surface area contributed by atoms with Crippen LogP contribution in [0.15, 0.2) is 49.3 Å². The maximum Gasteiger partial charge on any atom is 0.372 e. The first kappa shape index (κ1) is 39.2. The van der Waals surface area contributed by atoms with E-state index in [-0.39, 0.29) is 65.4 Å². The number of carboxylic acids is 1. The molecule has 5 aromatic rings. The minimum absolute atomic E-state index is 0.00554. The molecular weight excluding hydrogens is 744 g/mol. The lowest BCUT2D eigenvalue weighted by atomic mass is 9.79. The Balaban J connectivity index is 0.936. The van der Waals surface area contributed by atoms with E-state index in [1.807, 2.05) is 0 Å². The van der Waals surface area contributed by atoms with E-state index in [1.165, 1.54) is 56.0 Å². The van der Waals surface area contributed by atoms with Crippen LogP contribution in [-0.2, 0) is 44.8 Å². The Morgan fingerprint density at radius 1 is 0.667 bits per heavy atom.